The molecule has 0 fully saturated rings. The summed E-state index contributed by atoms with van der Waals surface area (Å²) < 4.78 is 0. The van der Waals surface area contributed by atoms with Gasteiger partial charge in [0.1, 0.15) is 5.75 Å². The van der Waals surface area contributed by atoms with Gasteiger partial charge in [0, 0.05) is 17.0 Å². The molecule has 0 aliphatic rings. The summed E-state index contributed by atoms with van der Waals surface area (Å²) in [5.41, 5.74) is 2.15. The van der Waals surface area contributed by atoms with Gasteiger partial charge < -0.3 is 5.11 Å². The standard InChI is InChI=1S/C15H13NO/c1-2-10-8-9-16-15-12(10)7-6-11-4-3-5-13(17)14(11)15/h3-9,17H,2H2,1H3. The molecular formula is C15H13NO. The van der Waals surface area contributed by atoms with E-state index in [1.54, 1.807) is 6.07 Å². The van der Waals surface area contributed by atoms with E-state index in [0.717, 1.165) is 28.1 Å². The largest absolute Gasteiger partial charge is 0.507 e. The molecule has 0 saturated carbocycles. The minimum atomic E-state index is 0.300. The number of aryl methyl sites for hydroxylation is 1. The average molecular weight is 223 g/mol. The highest BCUT2D eigenvalue weighted by Crippen LogP contribution is 2.32. The Hall–Kier alpha value is -2.09. The second kappa shape index (κ2) is 3.74. The molecule has 3 aromatic rings. The summed E-state index contributed by atoms with van der Waals surface area (Å²) in [5.74, 6) is 0.300. The summed E-state index contributed by atoms with van der Waals surface area (Å²) in [6.45, 7) is 2.13. The Morgan fingerprint density at radius 2 is 2.00 bits per heavy atom. The molecule has 2 nitrogen and oxygen atoms in total. The number of rotatable bonds is 1. The molecule has 0 saturated heterocycles. The van der Waals surface area contributed by atoms with E-state index in [0.29, 0.717) is 5.75 Å². The highest BCUT2D eigenvalue weighted by Gasteiger charge is 2.07. The second-order valence-corrected chi connectivity index (χ2v) is 4.16. The number of phenols is 1. The lowest BCUT2D eigenvalue weighted by atomic mass is 10.0. The van der Waals surface area contributed by atoms with Crippen LogP contribution in [-0.4, -0.2) is 10.1 Å². The molecule has 3 rings (SSSR count). The number of fused-ring (bicyclic) bond motifs is 3. The molecule has 1 aromatic heterocycles. The zero-order valence-electron chi connectivity index (χ0n) is 9.64. The van der Waals surface area contributed by atoms with Gasteiger partial charge in [0.15, 0.2) is 0 Å². The summed E-state index contributed by atoms with van der Waals surface area (Å²) in [6.07, 6.45) is 2.78. The lowest BCUT2D eigenvalue weighted by Gasteiger charge is -2.07. The first kappa shape index (κ1) is 10.1. The van der Waals surface area contributed by atoms with Crippen molar-refractivity contribution in [2.75, 3.05) is 0 Å². The first-order chi connectivity index (χ1) is 8.31. The number of nitrogens with zero attached hydrogens (tertiary/aromatic N) is 1. The maximum atomic E-state index is 9.99. The molecule has 2 aromatic carbocycles. The van der Waals surface area contributed by atoms with E-state index in [1.807, 2.05) is 30.5 Å². The summed E-state index contributed by atoms with van der Waals surface area (Å²) in [5, 5.41) is 13.0. The highest BCUT2D eigenvalue weighted by atomic mass is 16.3. The predicted molar refractivity (Wildman–Crippen MR) is 70.3 cm³/mol. The molecule has 0 unspecified atom stereocenters. The van der Waals surface area contributed by atoms with Crippen LogP contribution in [0.25, 0.3) is 21.7 Å². The second-order valence-electron chi connectivity index (χ2n) is 4.16. The quantitative estimate of drug-likeness (QED) is 0.639. The summed E-state index contributed by atoms with van der Waals surface area (Å²) in [7, 11) is 0. The molecule has 17 heavy (non-hydrogen) atoms. The molecule has 84 valence electrons. The third-order valence-corrected chi connectivity index (χ3v) is 3.20. The number of phenolic OH excluding ortho intramolecular Hbond substituents is 1. The van der Waals surface area contributed by atoms with Gasteiger partial charge in [-0.3, -0.25) is 4.98 Å². The first-order valence-electron chi connectivity index (χ1n) is 5.79. The zero-order chi connectivity index (χ0) is 11.8. The number of hydrogen-bond donors (Lipinski definition) is 1. The van der Waals surface area contributed by atoms with Crippen LogP contribution in [0.3, 0.4) is 0 Å². The molecule has 0 spiro atoms. The van der Waals surface area contributed by atoms with Crippen molar-refractivity contribution in [2.45, 2.75) is 13.3 Å². The Labute approximate surface area is 99.5 Å². The maximum absolute atomic E-state index is 9.99. The molecule has 0 bridgehead atoms. The fourth-order valence-electron chi connectivity index (χ4n) is 2.33. The first-order valence-corrected chi connectivity index (χ1v) is 5.79. The smallest absolute Gasteiger partial charge is 0.125 e. The van der Waals surface area contributed by atoms with Gasteiger partial charge in [-0.25, -0.2) is 0 Å². The number of hydrogen-bond acceptors (Lipinski definition) is 2. The van der Waals surface area contributed by atoms with E-state index < -0.39 is 0 Å². The van der Waals surface area contributed by atoms with Crippen LogP contribution in [0.4, 0.5) is 0 Å². The van der Waals surface area contributed by atoms with Crippen molar-refractivity contribution in [3.05, 3.63) is 48.2 Å². The van der Waals surface area contributed by atoms with Gasteiger partial charge in [0.25, 0.3) is 0 Å². The van der Waals surface area contributed by atoms with Gasteiger partial charge in [-0.2, -0.15) is 0 Å². The summed E-state index contributed by atoms with van der Waals surface area (Å²) in [6, 6.07) is 11.7. The third kappa shape index (κ3) is 1.45. The van der Waals surface area contributed by atoms with Crippen molar-refractivity contribution < 1.29 is 5.11 Å². The molecule has 0 aliphatic carbocycles. The Morgan fingerprint density at radius 3 is 2.82 bits per heavy atom. The van der Waals surface area contributed by atoms with Crippen LogP contribution in [0.15, 0.2) is 42.6 Å². The van der Waals surface area contributed by atoms with Gasteiger partial charge in [-0.15, -0.1) is 0 Å². The van der Waals surface area contributed by atoms with Crippen LogP contribution in [-0.2, 0) is 6.42 Å². The van der Waals surface area contributed by atoms with Gasteiger partial charge >= 0.3 is 0 Å². The summed E-state index contributed by atoms with van der Waals surface area (Å²) >= 11 is 0. The normalized spacial score (nSPS) is 11.1. The van der Waals surface area contributed by atoms with Gasteiger partial charge in [-0.1, -0.05) is 31.2 Å². The van der Waals surface area contributed by atoms with Crippen LogP contribution in [0.2, 0.25) is 0 Å². The van der Waals surface area contributed by atoms with E-state index in [4.69, 9.17) is 0 Å². The van der Waals surface area contributed by atoms with Gasteiger partial charge in [0.2, 0.25) is 0 Å². The highest BCUT2D eigenvalue weighted by molar-refractivity contribution is 6.09. The Bertz CT molecular complexity index is 704. The Morgan fingerprint density at radius 1 is 1.12 bits per heavy atom. The van der Waals surface area contributed by atoms with Crippen molar-refractivity contribution >= 4 is 21.7 Å². The topological polar surface area (TPSA) is 33.1 Å². The Balaban J connectivity index is 2.56. The van der Waals surface area contributed by atoms with E-state index in [2.05, 4.69) is 18.0 Å². The SMILES string of the molecule is CCc1ccnc2c1ccc1cccc(O)c12. The zero-order valence-corrected chi connectivity index (χ0v) is 9.64. The van der Waals surface area contributed by atoms with Crippen molar-refractivity contribution in [2.24, 2.45) is 0 Å². The molecule has 0 aliphatic heterocycles. The van der Waals surface area contributed by atoms with E-state index in [9.17, 15) is 5.11 Å². The van der Waals surface area contributed by atoms with E-state index in [1.165, 1.54) is 5.56 Å². The van der Waals surface area contributed by atoms with Crippen molar-refractivity contribution in [1.29, 1.82) is 0 Å². The minimum Gasteiger partial charge on any atom is -0.507 e. The predicted octanol–water partition coefficient (Wildman–Crippen LogP) is 3.66. The van der Waals surface area contributed by atoms with Gasteiger partial charge in [-0.05, 0) is 29.5 Å². The molecule has 0 amide bonds. The number of aromatic hydroxyl groups is 1. The van der Waals surface area contributed by atoms with Crippen LogP contribution in [0.5, 0.6) is 5.75 Å². The van der Waals surface area contributed by atoms with Crippen molar-refractivity contribution in [3.8, 4) is 5.75 Å². The molecule has 1 N–H and O–H groups in total. The van der Waals surface area contributed by atoms with E-state index in [-0.39, 0.29) is 0 Å². The molecule has 2 heteroatoms. The number of aromatic nitrogens is 1. The minimum absolute atomic E-state index is 0.300. The van der Waals surface area contributed by atoms with Crippen molar-refractivity contribution in [3.63, 3.8) is 0 Å². The number of pyridine rings is 1. The third-order valence-electron chi connectivity index (χ3n) is 3.20. The average Bonchev–Trinajstić information content (AvgIpc) is 2.37. The molecule has 0 radical (unpaired) electrons. The fourth-order valence-corrected chi connectivity index (χ4v) is 2.33. The monoisotopic (exact) mass is 223 g/mol. The van der Waals surface area contributed by atoms with E-state index >= 15 is 0 Å². The van der Waals surface area contributed by atoms with Gasteiger partial charge in [0.05, 0.1) is 5.52 Å². The van der Waals surface area contributed by atoms with Crippen LogP contribution < -0.4 is 0 Å². The molecular weight excluding hydrogens is 210 g/mol. The summed E-state index contributed by atoms with van der Waals surface area (Å²) in [4.78, 5) is 4.42. The number of benzene rings is 2. The van der Waals surface area contributed by atoms with Crippen molar-refractivity contribution in [1.82, 2.24) is 4.98 Å². The van der Waals surface area contributed by atoms with Crippen LogP contribution in [0.1, 0.15) is 12.5 Å². The maximum Gasteiger partial charge on any atom is 0.125 e. The Kier molecular flexibility index (Phi) is 2.22. The lowest BCUT2D eigenvalue weighted by molar-refractivity contribution is 0.482. The molecule has 1 heterocycles. The molecule has 0 atom stereocenters. The van der Waals surface area contributed by atoms with Crippen LogP contribution >= 0.6 is 0 Å². The van der Waals surface area contributed by atoms with Crippen LogP contribution in [0, 0.1) is 0 Å². The fraction of sp³-hybridized carbons (Fsp3) is 0.133. The lowest BCUT2D eigenvalue weighted by Crippen LogP contribution is -1.88.